The summed E-state index contributed by atoms with van der Waals surface area (Å²) in [5, 5.41) is 1.63. The predicted octanol–water partition coefficient (Wildman–Crippen LogP) is 3.81. The molecule has 21 heavy (non-hydrogen) atoms. The van der Waals surface area contributed by atoms with E-state index in [4.69, 9.17) is 4.74 Å². The lowest BCUT2D eigenvalue weighted by Gasteiger charge is -2.07. The van der Waals surface area contributed by atoms with Gasteiger partial charge in [-0.1, -0.05) is 49.0 Å². The van der Waals surface area contributed by atoms with Gasteiger partial charge >= 0.3 is 0 Å². The van der Waals surface area contributed by atoms with E-state index in [9.17, 15) is 4.79 Å². The normalized spacial score (nSPS) is 10.5. The maximum atomic E-state index is 12.1. The van der Waals surface area contributed by atoms with Crippen LogP contribution in [-0.2, 0) is 4.74 Å². The molecule has 0 atom stereocenters. The SMILES string of the molecule is C=C(OC)c1ccc(-c2cc3ccccc3c(=O)[nH]2)cc1. The number of nitrogens with one attached hydrogen (secondary N) is 1. The van der Waals surface area contributed by atoms with Crippen LogP contribution in [0.1, 0.15) is 5.56 Å². The highest BCUT2D eigenvalue weighted by Crippen LogP contribution is 2.22. The van der Waals surface area contributed by atoms with Gasteiger partial charge < -0.3 is 9.72 Å². The second kappa shape index (κ2) is 5.29. The highest BCUT2D eigenvalue weighted by atomic mass is 16.5. The highest BCUT2D eigenvalue weighted by Gasteiger charge is 2.04. The Bertz CT molecular complexity index is 860. The van der Waals surface area contributed by atoms with Gasteiger partial charge in [0.05, 0.1) is 7.11 Å². The van der Waals surface area contributed by atoms with Crippen molar-refractivity contribution in [1.82, 2.24) is 4.98 Å². The van der Waals surface area contributed by atoms with Crippen molar-refractivity contribution in [3.63, 3.8) is 0 Å². The van der Waals surface area contributed by atoms with Crippen LogP contribution >= 0.6 is 0 Å². The third-order valence-corrected chi connectivity index (χ3v) is 3.52. The molecule has 104 valence electrons. The van der Waals surface area contributed by atoms with Gasteiger partial charge in [0.1, 0.15) is 5.76 Å². The highest BCUT2D eigenvalue weighted by molar-refractivity contribution is 5.85. The van der Waals surface area contributed by atoms with E-state index >= 15 is 0 Å². The van der Waals surface area contributed by atoms with Crippen LogP contribution < -0.4 is 5.56 Å². The van der Waals surface area contributed by atoms with Crippen LogP contribution in [0.3, 0.4) is 0 Å². The summed E-state index contributed by atoms with van der Waals surface area (Å²) in [7, 11) is 1.59. The molecule has 0 unspecified atom stereocenters. The number of hydrogen-bond acceptors (Lipinski definition) is 2. The molecule has 3 heteroatoms. The number of benzene rings is 2. The minimum atomic E-state index is -0.0755. The summed E-state index contributed by atoms with van der Waals surface area (Å²) >= 11 is 0. The zero-order valence-electron chi connectivity index (χ0n) is 11.7. The fourth-order valence-corrected chi connectivity index (χ4v) is 2.32. The van der Waals surface area contributed by atoms with E-state index in [1.165, 1.54) is 0 Å². The molecule has 0 aliphatic carbocycles. The van der Waals surface area contributed by atoms with Gasteiger partial charge in [-0.3, -0.25) is 4.79 Å². The quantitative estimate of drug-likeness (QED) is 0.740. The Morgan fingerprint density at radius 2 is 1.81 bits per heavy atom. The fourth-order valence-electron chi connectivity index (χ4n) is 2.32. The molecule has 0 saturated heterocycles. The topological polar surface area (TPSA) is 42.1 Å². The second-order valence-corrected chi connectivity index (χ2v) is 4.80. The largest absolute Gasteiger partial charge is 0.497 e. The molecule has 0 amide bonds. The number of hydrogen-bond donors (Lipinski definition) is 1. The first-order valence-corrected chi connectivity index (χ1v) is 6.65. The van der Waals surface area contributed by atoms with Gasteiger partial charge in [0, 0.05) is 16.6 Å². The molecule has 0 aliphatic heterocycles. The average Bonchev–Trinajstić information content (AvgIpc) is 2.54. The van der Waals surface area contributed by atoms with Gasteiger partial charge in [-0.25, -0.2) is 0 Å². The Morgan fingerprint density at radius 1 is 1.10 bits per heavy atom. The summed E-state index contributed by atoms with van der Waals surface area (Å²) < 4.78 is 5.11. The molecule has 0 bridgehead atoms. The molecule has 0 radical (unpaired) electrons. The van der Waals surface area contributed by atoms with Crippen LogP contribution in [0.4, 0.5) is 0 Å². The Hall–Kier alpha value is -2.81. The molecule has 3 nitrogen and oxygen atoms in total. The van der Waals surface area contributed by atoms with E-state index in [1.807, 2.05) is 54.6 Å². The van der Waals surface area contributed by atoms with Crippen molar-refractivity contribution in [2.45, 2.75) is 0 Å². The van der Waals surface area contributed by atoms with Gasteiger partial charge in [-0.05, 0) is 23.1 Å². The smallest absolute Gasteiger partial charge is 0.256 e. The first kappa shape index (κ1) is 13.2. The van der Waals surface area contributed by atoms with E-state index < -0.39 is 0 Å². The lowest BCUT2D eigenvalue weighted by atomic mass is 10.1. The van der Waals surface area contributed by atoms with Gasteiger partial charge in [0.2, 0.25) is 0 Å². The van der Waals surface area contributed by atoms with E-state index in [-0.39, 0.29) is 5.56 Å². The summed E-state index contributed by atoms with van der Waals surface area (Å²) in [6, 6.07) is 17.3. The zero-order valence-corrected chi connectivity index (χ0v) is 11.7. The number of aromatic nitrogens is 1. The monoisotopic (exact) mass is 277 g/mol. The maximum absolute atomic E-state index is 12.1. The Balaban J connectivity index is 2.08. The predicted molar refractivity (Wildman–Crippen MR) is 86.0 cm³/mol. The lowest BCUT2D eigenvalue weighted by molar-refractivity contribution is 0.371. The number of rotatable bonds is 3. The van der Waals surface area contributed by atoms with Gasteiger partial charge in [-0.2, -0.15) is 0 Å². The van der Waals surface area contributed by atoms with Crippen molar-refractivity contribution < 1.29 is 4.74 Å². The molecule has 3 rings (SSSR count). The molecular weight excluding hydrogens is 262 g/mol. The fraction of sp³-hybridized carbons (Fsp3) is 0.0556. The summed E-state index contributed by atoms with van der Waals surface area (Å²) in [5.74, 6) is 0.619. The number of aromatic amines is 1. The molecule has 0 fully saturated rings. The molecule has 1 aromatic heterocycles. The Morgan fingerprint density at radius 3 is 2.52 bits per heavy atom. The van der Waals surface area contributed by atoms with Crippen molar-refractivity contribution in [2.24, 2.45) is 0 Å². The van der Waals surface area contributed by atoms with E-state index in [1.54, 1.807) is 7.11 Å². The molecule has 0 spiro atoms. The zero-order chi connectivity index (χ0) is 14.8. The Labute approximate surface area is 122 Å². The maximum Gasteiger partial charge on any atom is 0.256 e. The van der Waals surface area contributed by atoms with Gasteiger partial charge in [0.25, 0.3) is 5.56 Å². The van der Waals surface area contributed by atoms with Crippen LogP contribution in [0, 0.1) is 0 Å². The minimum absolute atomic E-state index is 0.0755. The summed E-state index contributed by atoms with van der Waals surface area (Å²) in [6.45, 7) is 3.82. The standard InChI is InChI=1S/C18H15NO2/c1-12(21-2)13-7-9-14(10-8-13)17-11-15-5-3-4-6-16(15)18(20)19-17/h3-11H,1H2,2H3,(H,19,20). The van der Waals surface area contributed by atoms with Crippen molar-refractivity contribution in [3.8, 4) is 11.3 Å². The van der Waals surface area contributed by atoms with Gasteiger partial charge in [0.15, 0.2) is 0 Å². The summed E-state index contributed by atoms with van der Waals surface area (Å²) in [4.78, 5) is 15.0. The first-order chi connectivity index (χ1) is 10.2. The second-order valence-electron chi connectivity index (χ2n) is 4.80. The number of pyridine rings is 1. The lowest BCUT2D eigenvalue weighted by Crippen LogP contribution is -2.06. The van der Waals surface area contributed by atoms with Gasteiger partial charge in [-0.15, -0.1) is 0 Å². The van der Waals surface area contributed by atoms with Crippen LogP contribution in [0.5, 0.6) is 0 Å². The molecule has 1 N–H and O–H groups in total. The average molecular weight is 277 g/mol. The van der Waals surface area contributed by atoms with Crippen molar-refractivity contribution in [3.05, 3.63) is 77.1 Å². The number of H-pyrrole nitrogens is 1. The van der Waals surface area contributed by atoms with Crippen LogP contribution in [0.25, 0.3) is 27.8 Å². The van der Waals surface area contributed by atoms with Crippen LogP contribution in [-0.4, -0.2) is 12.1 Å². The van der Waals surface area contributed by atoms with Crippen molar-refractivity contribution >= 4 is 16.5 Å². The number of methoxy groups -OCH3 is 1. The third kappa shape index (κ3) is 2.46. The van der Waals surface area contributed by atoms with Crippen molar-refractivity contribution in [1.29, 1.82) is 0 Å². The number of fused-ring (bicyclic) bond motifs is 1. The first-order valence-electron chi connectivity index (χ1n) is 6.65. The third-order valence-electron chi connectivity index (χ3n) is 3.52. The van der Waals surface area contributed by atoms with Crippen molar-refractivity contribution in [2.75, 3.05) is 7.11 Å². The molecule has 3 aromatic rings. The summed E-state index contributed by atoms with van der Waals surface area (Å²) in [6.07, 6.45) is 0. The van der Waals surface area contributed by atoms with Crippen LogP contribution in [0.15, 0.2) is 66.0 Å². The summed E-state index contributed by atoms with van der Waals surface area (Å²) in [5.41, 5.74) is 2.59. The number of ether oxygens (including phenoxy) is 1. The molecule has 2 aromatic carbocycles. The molecule has 1 heterocycles. The minimum Gasteiger partial charge on any atom is -0.497 e. The van der Waals surface area contributed by atoms with Crippen LogP contribution in [0.2, 0.25) is 0 Å². The molecular formula is C18H15NO2. The molecule has 0 aliphatic rings. The molecule has 0 saturated carbocycles. The van der Waals surface area contributed by atoms with E-state index in [0.29, 0.717) is 11.1 Å². The van der Waals surface area contributed by atoms with E-state index in [0.717, 1.165) is 22.2 Å². The van der Waals surface area contributed by atoms with E-state index in [2.05, 4.69) is 11.6 Å². The Kier molecular flexibility index (Phi) is 3.32.